The average molecular weight is 374 g/mol. The molecular weight excluding hydrogens is 360 g/mol. The van der Waals surface area contributed by atoms with Gasteiger partial charge in [0.25, 0.3) is 0 Å². The number of nitrogens with one attached hydrogen (secondary N) is 3. The standard InChI is InChI=1S/C19H14N6OS/c26-16(21-12-6-5-11-7-8-20-15(11)9-12)10-27-19-23-18-17(24-25-19)13-3-1-2-4-14(13)22-18/h1-9,20H,10H2,(H,21,26)(H,22,23,25). The van der Waals surface area contributed by atoms with Crippen LogP contribution >= 0.6 is 11.8 Å². The topological polar surface area (TPSA) is 99.3 Å². The Bertz CT molecular complexity index is 1290. The Labute approximate surface area is 157 Å². The Morgan fingerprint density at radius 2 is 2.00 bits per heavy atom. The van der Waals surface area contributed by atoms with Crippen molar-refractivity contribution in [2.45, 2.75) is 5.16 Å². The summed E-state index contributed by atoms with van der Waals surface area (Å²) in [4.78, 5) is 23.1. The number of anilines is 1. The van der Waals surface area contributed by atoms with E-state index in [1.807, 2.05) is 54.7 Å². The van der Waals surface area contributed by atoms with E-state index in [0.29, 0.717) is 10.8 Å². The highest BCUT2D eigenvalue weighted by atomic mass is 32.2. The molecule has 3 aromatic heterocycles. The number of carbonyl (C=O) groups excluding carboxylic acids is 1. The Balaban J connectivity index is 1.30. The molecule has 5 aromatic rings. The van der Waals surface area contributed by atoms with E-state index in [0.717, 1.165) is 33.0 Å². The molecule has 0 atom stereocenters. The highest BCUT2D eigenvalue weighted by molar-refractivity contribution is 7.99. The number of nitrogens with zero attached hydrogens (tertiary/aromatic N) is 3. The normalized spacial score (nSPS) is 11.4. The second kappa shape index (κ2) is 6.40. The fraction of sp³-hybridized carbons (Fsp3) is 0.0526. The Morgan fingerprint density at radius 3 is 2.96 bits per heavy atom. The van der Waals surface area contributed by atoms with Gasteiger partial charge in [0.05, 0.1) is 5.75 Å². The fourth-order valence-electron chi connectivity index (χ4n) is 3.02. The fourth-order valence-corrected chi connectivity index (χ4v) is 3.61. The third-order valence-electron chi connectivity index (χ3n) is 4.27. The first-order chi connectivity index (χ1) is 13.3. The first kappa shape index (κ1) is 15.8. The first-order valence-corrected chi connectivity index (χ1v) is 9.36. The van der Waals surface area contributed by atoms with Crippen molar-refractivity contribution in [3.05, 3.63) is 54.7 Å². The molecule has 0 fully saturated rings. The summed E-state index contributed by atoms with van der Waals surface area (Å²) in [6.07, 6.45) is 1.87. The van der Waals surface area contributed by atoms with Gasteiger partial charge in [-0.3, -0.25) is 4.79 Å². The van der Waals surface area contributed by atoms with Crippen molar-refractivity contribution in [3.63, 3.8) is 0 Å². The average Bonchev–Trinajstić information content (AvgIpc) is 3.29. The zero-order valence-corrected chi connectivity index (χ0v) is 14.9. The number of amides is 1. The predicted octanol–water partition coefficient (Wildman–Crippen LogP) is 3.72. The SMILES string of the molecule is O=C(CSc1nnc2c(n1)[nH]c1ccccc12)Nc1ccc2cc[nH]c2c1. The van der Waals surface area contributed by atoms with Crippen LogP contribution in [0.5, 0.6) is 0 Å². The van der Waals surface area contributed by atoms with Crippen LogP contribution in [-0.2, 0) is 4.79 Å². The Kier molecular flexibility index (Phi) is 3.75. The molecule has 7 nitrogen and oxygen atoms in total. The molecule has 0 radical (unpaired) electrons. The van der Waals surface area contributed by atoms with Gasteiger partial charge in [-0.15, -0.1) is 10.2 Å². The van der Waals surface area contributed by atoms with E-state index in [2.05, 4.69) is 30.5 Å². The van der Waals surface area contributed by atoms with Gasteiger partial charge in [0, 0.05) is 28.3 Å². The van der Waals surface area contributed by atoms with E-state index in [1.54, 1.807) is 0 Å². The molecule has 0 bridgehead atoms. The molecule has 3 N–H and O–H groups in total. The van der Waals surface area contributed by atoms with Gasteiger partial charge < -0.3 is 15.3 Å². The lowest BCUT2D eigenvalue weighted by Crippen LogP contribution is -2.14. The number of thioether (sulfide) groups is 1. The molecule has 8 heteroatoms. The van der Waals surface area contributed by atoms with Crippen molar-refractivity contribution in [2.24, 2.45) is 0 Å². The van der Waals surface area contributed by atoms with Crippen LogP contribution in [0.2, 0.25) is 0 Å². The van der Waals surface area contributed by atoms with Gasteiger partial charge in [-0.25, -0.2) is 4.98 Å². The number of fused-ring (bicyclic) bond motifs is 4. The molecule has 0 aliphatic rings. The van der Waals surface area contributed by atoms with Crippen LogP contribution in [0.15, 0.2) is 59.9 Å². The van der Waals surface area contributed by atoms with Crippen molar-refractivity contribution in [1.82, 2.24) is 25.1 Å². The second-order valence-corrected chi connectivity index (χ2v) is 7.02. The highest BCUT2D eigenvalue weighted by Crippen LogP contribution is 2.23. The van der Waals surface area contributed by atoms with Gasteiger partial charge in [0.1, 0.15) is 5.52 Å². The molecule has 0 saturated heterocycles. The van der Waals surface area contributed by atoms with Gasteiger partial charge in [-0.2, -0.15) is 0 Å². The smallest absolute Gasteiger partial charge is 0.234 e. The monoisotopic (exact) mass is 374 g/mol. The summed E-state index contributed by atoms with van der Waals surface area (Å²) < 4.78 is 0. The van der Waals surface area contributed by atoms with Crippen molar-refractivity contribution in [2.75, 3.05) is 11.1 Å². The number of rotatable bonds is 4. The number of aromatic amines is 2. The number of aromatic nitrogens is 5. The molecule has 1 amide bonds. The summed E-state index contributed by atoms with van der Waals surface area (Å²) >= 11 is 1.25. The van der Waals surface area contributed by atoms with Gasteiger partial charge in [-0.1, -0.05) is 36.0 Å². The lowest BCUT2D eigenvalue weighted by molar-refractivity contribution is -0.113. The van der Waals surface area contributed by atoms with Crippen molar-refractivity contribution >= 4 is 56.3 Å². The molecule has 0 saturated carbocycles. The summed E-state index contributed by atoms with van der Waals surface area (Å²) in [5, 5.41) is 13.8. The van der Waals surface area contributed by atoms with Crippen LogP contribution in [0, 0.1) is 0 Å². The molecule has 132 valence electrons. The van der Waals surface area contributed by atoms with Crippen molar-refractivity contribution in [3.8, 4) is 0 Å². The summed E-state index contributed by atoms with van der Waals surface area (Å²) in [7, 11) is 0. The third kappa shape index (κ3) is 3.00. The summed E-state index contributed by atoms with van der Waals surface area (Å²) in [5.74, 6) is 0.0853. The first-order valence-electron chi connectivity index (χ1n) is 8.37. The summed E-state index contributed by atoms with van der Waals surface area (Å²) in [6, 6.07) is 15.6. The van der Waals surface area contributed by atoms with Crippen molar-refractivity contribution < 1.29 is 4.79 Å². The summed E-state index contributed by atoms with van der Waals surface area (Å²) in [6.45, 7) is 0. The number of hydrogen-bond acceptors (Lipinski definition) is 5. The van der Waals surface area contributed by atoms with E-state index in [-0.39, 0.29) is 11.7 Å². The zero-order valence-electron chi connectivity index (χ0n) is 14.1. The van der Waals surface area contributed by atoms with Crippen LogP contribution in [0.3, 0.4) is 0 Å². The lowest BCUT2D eigenvalue weighted by Gasteiger charge is -2.04. The van der Waals surface area contributed by atoms with E-state index in [4.69, 9.17) is 0 Å². The molecule has 3 heterocycles. The molecule has 27 heavy (non-hydrogen) atoms. The van der Waals surface area contributed by atoms with Gasteiger partial charge in [-0.05, 0) is 29.7 Å². The van der Waals surface area contributed by atoms with Crippen molar-refractivity contribution in [1.29, 1.82) is 0 Å². The quantitative estimate of drug-likeness (QED) is 0.416. The molecule has 0 spiro atoms. The molecule has 0 aliphatic heterocycles. The maximum Gasteiger partial charge on any atom is 0.234 e. The molecule has 0 aliphatic carbocycles. The second-order valence-electron chi connectivity index (χ2n) is 6.08. The molecular formula is C19H14N6OS. The minimum absolute atomic E-state index is 0.119. The zero-order chi connectivity index (χ0) is 18.2. The Hall–Kier alpha value is -3.39. The highest BCUT2D eigenvalue weighted by Gasteiger charge is 2.11. The maximum atomic E-state index is 12.2. The Morgan fingerprint density at radius 1 is 1.07 bits per heavy atom. The predicted molar refractivity (Wildman–Crippen MR) is 107 cm³/mol. The minimum Gasteiger partial charge on any atom is -0.361 e. The van der Waals surface area contributed by atoms with Crippen LogP contribution < -0.4 is 5.32 Å². The number of carbonyl (C=O) groups is 1. The number of para-hydroxylation sites is 1. The molecule has 0 unspecified atom stereocenters. The maximum absolute atomic E-state index is 12.2. The number of hydrogen-bond donors (Lipinski definition) is 3. The van der Waals surface area contributed by atoms with Crippen LogP contribution in [0.4, 0.5) is 5.69 Å². The minimum atomic E-state index is -0.119. The number of H-pyrrole nitrogens is 2. The van der Waals surface area contributed by atoms with Gasteiger partial charge >= 0.3 is 0 Å². The van der Waals surface area contributed by atoms with E-state index in [9.17, 15) is 4.79 Å². The summed E-state index contributed by atoms with van der Waals surface area (Å²) in [5.41, 5.74) is 4.11. The number of benzene rings is 2. The van der Waals surface area contributed by atoms with E-state index < -0.39 is 0 Å². The lowest BCUT2D eigenvalue weighted by atomic mass is 10.2. The van der Waals surface area contributed by atoms with Gasteiger partial charge in [0.15, 0.2) is 5.65 Å². The molecule has 2 aromatic carbocycles. The van der Waals surface area contributed by atoms with Gasteiger partial charge in [0.2, 0.25) is 11.1 Å². The largest absolute Gasteiger partial charge is 0.361 e. The van der Waals surface area contributed by atoms with Crippen LogP contribution in [0.1, 0.15) is 0 Å². The molecule has 5 rings (SSSR count). The van der Waals surface area contributed by atoms with Crippen LogP contribution in [0.25, 0.3) is 33.0 Å². The third-order valence-corrected chi connectivity index (χ3v) is 5.11. The van der Waals surface area contributed by atoms with Crippen LogP contribution in [-0.4, -0.2) is 36.8 Å². The van der Waals surface area contributed by atoms with E-state index >= 15 is 0 Å². The van der Waals surface area contributed by atoms with E-state index in [1.165, 1.54) is 11.8 Å².